The predicted octanol–water partition coefficient (Wildman–Crippen LogP) is 3.28. The van der Waals surface area contributed by atoms with Gasteiger partial charge in [-0.15, -0.1) is 0 Å². The smallest absolute Gasteiger partial charge is 0.265 e. The molecule has 0 radical (unpaired) electrons. The number of anilines is 1. The molecule has 12 heavy (non-hydrogen) atoms. The van der Waals surface area contributed by atoms with Crippen LogP contribution >= 0.6 is 15.9 Å². The number of benzene rings is 1. The normalized spacial score (nSPS) is 10.8. The van der Waals surface area contributed by atoms with Gasteiger partial charge in [0.05, 0.1) is 0 Å². The molecule has 0 aliphatic heterocycles. The lowest BCUT2D eigenvalue weighted by atomic mass is 10.1. The van der Waals surface area contributed by atoms with E-state index in [1.807, 2.05) is 0 Å². The Morgan fingerprint density at radius 3 is 2.50 bits per heavy atom. The van der Waals surface area contributed by atoms with Gasteiger partial charge in [0.25, 0.3) is 6.43 Å². The van der Waals surface area contributed by atoms with Gasteiger partial charge < -0.3 is 5.73 Å². The highest BCUT2D eigenvalue weighted by atomic mass is 79.9. The van der Waals surface area contributed by atoms with Crippen molar-refractivity contribution in [3.8, 4) is 0 Å². The van der Waals surface area contributed by atoms with E-state index in [4.69, 9.17) is 5.73 Å². The van der Waals surface area contributed by atoms with Gasteiger partial charge in [-0.1, -0.05) is 15.9 Å². The summed E-state index contributed by atoms with van der Waals surface area (Å²) in [5.41, 5.74) is 6.61. The minimum Gasteiger partial charge on any atom is -0.399 e. The fourth-order valence-electron chi connectivity index (χ4n) is 0.874. The zero-order valence-corrected chi connectivity index (χ0v) is 8.03. The van der Waals surface area contributed by atoms with Crippen molar-refractivity contribution in [2.24, 2.45) is 0 Å². The van der Waals surface area contributed by atoms with E-state index < -0.39 is 6.43 Å². The average Bonchev–Trinajstić information content (AvgIpc) is 1.96. The first-order valence-corrected chi connectivity index (χ1v) is 4.15. The van der Waals surface area contributed by atoms with Gasteiger partial charge in [0.1, 0.15) is 0 Å². The number of hydrogen-bond acceptors (Lipinski definition) is 1. The Balaban J connectivity index is 3.23. The Kier molecular flexibility index (Phi) is 2.67. The van der Waals surface area contributed by atoms with Gasteiger partial charge >= 0.3 is 0 Å². The second kappa shape index (κ2) is 3.39. The third-order valence-electron chi connectivity index (χ3n) is 1.62. The molecule has 0 atom stereocenters. The zero-order valence-electron chi connectivity index (χ0n) is 6.44. The van der Waals surface area contributed by atoms with Crippen LogP contribution in [0.2, 0.25) is 0 Å². The van der Waals surface area contributed by atoms with Crippen molar-refractivity contribution >= 4 is 21.6 Å². The number of aryl methyl sites for hydroxylation is 1. The van der Waals surface area contributed by atoms with E-state index in [9.17, 15) is 8.78 Å². The van der Waals surface area contributed by atoms with E-state index in [1.165, 1.54) is 6.07 Å². The van der Waals surface area contributed by atoms with E-state index >= 15 is 0 Å². The van der Waals surface area contributed by atoms with Gasteiger partial charge in [0.2, 0.25) is 0 Å². The third-order valence-corrected chi connectivity index (χ3v) is 2.31. The summed E-state index contributed by atoms with van der Waals surface area (Å²) >= 11 is 3.05. The number of alkyl halides is 2. The van der Waals surface area contributed by atoms with Gasteiger partial charge in [0.15, 0.2) is 0 Å². The Labute approximate surface area is 77.7 Å². The second-order valence-electron chi connectivity index (χ2n) is 2.53. The predicted molar refractivity (Wildman–Crippen MR) is 48.2 cm³/mol. The zero-order chi connectivity index (χ0) is 9.30. The van der Waals surface area contributed by atoms with Gasteiger partial charge in [0, 0.05) is 15.7 Å². The van der Waals surface area contributed by atoms with E-state index in [0.29, 0.717) is 10.2 Å². The lowest BCUT2D eigenvalue weighted by Crippen LogP contribution is -1.94. The van der Waals surface area contributed by atoms with Crippen molar-refractivity contribution in [2.45, 2.75) is 13.3 Å². The van der Waals surface area contributed by atoms with Crippen LogP contribution in [0.1, 0.15) is 17.6 Å². The van der Waals surface area contributed by atoms with Crippen LogP contribution in [0.3, 0.4) is 0 Å². The van der Waals surface area contributed by atoms with E-state index in [2.05, 4.69) is 15.9 Å². The highest BCUT2D eigenvalue weighted by Gasteiger charge is 2.12. The molecule has 0 aromatic heterocycles. The maximum Gasteiger partial charge on any atom is 0.265 e. The maximum absolute atomic E-state index is 12.3. The van der Waals surface area contributed by atoms with Crippen molar-refractivity contribution in [1.29, 1.82) is 0 Å². The molecule has 1 aromatic rings. The van der Waals surface area contributed by atoms with Crippen molar-refractivity contribution < 1.29 is 8.78 Å². The molecule has 1 nitrogen and oxygen atoms in total. The summed E-state index contributed by atoms with van der Waals surface area (Å²) in [4.78, 5) is 0. The van der Waals surface area contributed by atoms with E-state index in [-0.39, 0.29) is 5.56 Å². The van der Waals surface area contributed by atoms with Crippen LogP contribution in [0.5, 0.6) is 0 Å². The van der Waals surface area contributed by atoms with Crippen LogP contribution in [0, 0.1) is 6.92 Å². The molecule has 2 N–H and O–H groups in total. The summed E-state index contributed by atoms with van der Waals surface area (Å²) in [5, 5.41) is 0. The first-order chi connectivity index (χ1) is 5.52. The van der Waals surface area contributed by atoms with E-state index in [1.54, 1.807) is 13.0 Å². The first-order valence-electron chi connectivity index (χ1n) is 3.36. The lowest BCUT2D eigenvalue weighted by molar-refractivity contribution is 0.150. The molecular formula is C8H8BrF2N. The third kappa shape index (κ3) is 1.75. The monoisotopic (exact) mass is 235 g/mol. The van der Waals surface area contributed by atoms with Gasteiger partial charge in [-0.3, -0.25) is 0 Å². The summed E-state index contributed by atoms with van der Waals surface area (Å²) < 4.78 is 24.9. The van der Waals surface area contributed by atoms with Crippen molar-refractivity contribution in [3.63, 3.8) is 0 Å². The SMILES string of the molecule is Cc1cc(Br)c(C(F)F)cc1N. The molecule has 0 aliphatic rings. The summed E-state index contributed by atoms with van der Waals surface area (Å²) in [6, 6.07) is 2.89. The number of hydrogen-bond donors (Lipinski definition) is 1. The minimum atomic E-state index is -2.48. The maximum atomic E-state index is 12.3. The number of rotatable bonds is 1. The Hall–Kier alpha value is -0.640. The number of halogens is 3. The van der Waals surface area contributed by atoms with Crippen LogP contribution in [0.4, 0.5) is 14.5 Å². The van der Waals surface area contributed by atoms with Crippen LogP contribution in [-0.2, 0) is 0 Å². The van der Waals surface area contributed by atoms with Gasteiger partial charge in [-0.2, -0.15) is 0 Å². The Bertz CT molecular complexity index is 299. The highest BCUT2D eigenvalue weighted by molar-refractivity contribution is 9.10. The standard InChI is InChI=1S/C8H8BrF2N/c1-4-2-6(9)5(8(10)11)3-7(4)12/h2-3,8H,12H2,1H3. The molecule has 0 unspecified atom stereocenters. The molecule has 1 rings (SSSR count). The first kappa shape index (κ1) is 9.45. The molecule has 4 heteroatoms. The topological polar surface area (TPSA) is 26.0 Å². The molecule has 66 valence electrons. The largest absolute Gasteiger partial charge is 0.399 e. The van der Waals surface area contributed by atoms with Gasteiger partial charge in [-0.05, 0) is 24.6 Å². The quantitative estimate of drug-likeness (QED) is 0.744. The lowest BCUT2D eigenvalue weighted by Gasteiger charge is -2.06. The van der Waals surface area contributed by atoms with Crippen molar-refractivity contribution in [1.82, 2.24) is 0 Å². The van der Waals surface area contributed by atoms with Crippen molar-refractivity contribution in [3.05, 3.63) is 27.7 Å². The molecule has 0 saturated heterocycles. The van der Waals surface area contributed by atoms with Crippen LogP contribution in [-0.4, -0.2) is 0 Å². The van der Waals surface area contributed by atoms with Crippen LogP contribution in [0.25, 0.3) is 0 Å². The molecule has 0 bridgehead atoms. The van der Waals surface area contributed by atoms with Crippen LogP contribution < -0.4 is 5.73 Å². The van der Waals surface area contributed by atoms with E-state index in [0.717, 1.165) is 5.56 Å². The molecule has 1 aromatic carbocycles. The summed E-state index contributed by atoms with van der Waals surface area (Å²) in [6.45, 7) is 1.77. The molecule has 0 spiro atoms. The molecule has 0 fully saturated rings. The number of nitrogens with two attached hydrogens (primary N) is 1. The minimum absolute atomic E-state index is 0.0573. The second-order valence-corrected chi connectivity index (χ2v) is 3.39. The van der Waals surface area contributed by atoms with Crippen molar-refractivity contribution in [2.75, 3.05) is 5.73 Å². The Morgan fingerprint density at radius 1 is 1.42 bits per heavy atom. The fourth-order valence-corrected chi connectivity index (χ4v) is 1.51. The van der Waals surface area contributed by atoms with Gasteiger partial charge in [-0.25, -0.2) is 8.78 Å². The van der Waals surface area contributed by atoms with Crippen LogP contribution in [0.15, 0.2) is 16.6 Å². The average molecular weight is 236 g/mol. The molecule has 0 heterocycles. The highest BCUT2D eigenvalue weighted by Crippen LogP contribution is 2.30. The fraction of sp³-hybridized carbons (Fsp3) is 0.250. The summed E-state index contributed by atoms with van der Waals surface area (Å²) in [7, 11) is 0. The number of nitrogen functional groups attached to an aromatic ring is 1. The summed E-state index contributed by atoms with van der Waals surface area (Å²) in [6.07, 6.45) is -2.48. The molecule has 0 amide bonds. The molecule has 0 saturated carbocycles. The summed E-state index contributed by atoms with van der Waals surface area (Å²) in [5.74, 6) is 0. The molecular weight excluding hydrogens is 228 g/mol. The molecule has 0 aliphatic carbocycles. The Morgan fingerprint density at radius 2 is 2.00 bits per heavy atom.